The van der Waals surface area contributed by atoms with Gasteiger partial charge in [0.1, 0.15) is 0 Å². The molecule has 0 aliphatic carbocycles. The third-order valence-electron chi connectivity index (χ3n) is 6.92. The highest BCUT2D eigenvalue weighted by Crippen LogP contribution is 2.35. The summed E-state index contributed by atoms with van der Waals surface area (Å²) in [5.74, 6) is -0.605. The summed E-state index contributed by atoms with van der Waals surface area (Å²) in [5.41, 5.74) is 2.05. The van der Waals surface area contributed by atoms with Gasteiger partial charge < -0.3 is 15.0 Å². The van der Waals surface area contributed by atoms with Crippen LogP contribution >= 0.6 is 23.2 Å². The van der Waals surface area contributed by atoms with Crippen molar-refractivity contribution in [3.8, 4) is 0 Å². The standard InChI is InChI=1S/C28H32Cl2N4O4/c1-4-33-23(17-32-14-15-34(18(3)16-32)26(35)20-11-7-9-13-22(20)30)24(27(36)38-5-2)25(31-28(33)37)19-10-6-8-12-21(19)29/h6-13,18,25H,4-5,14-17H2,1-3H3,(H,31,37)/t18-,25-/m1/s1. The van der Waals surface area contributed by atoms with E-state index in [0.29, 0.717) is 65.2 Å². The molecule has 0 unspecified atom stereocenters. The van der Waals surface area contributed by atoms with Crippen molar-refractivity contribution in [2.45, 2.75) is 32.9 Å². The minimum Gasteiger partial charge on any atom is -0.463 e. The largest absolute Gasteiger partial charge is 0.463 e. The summed E-state index contributed by atoms with van der Waals surface area (Å²) in [5, 5.41) is 3.82. The Morgan fingerprint density at radius 3 is 2.34 bits per heavy atom. The number of piperazine rings is 1. The van der Waals surface area contributed by atoms with Crippen molar-refractivity contribution in [2.24, 2.45) is 0 Å². The predicted molar refractivity (Wildman–Crippen MR) is 147 cm³/mol. The first kappa shape index (κ1) is 28.0. The molecule has 2 heterocycles. The van der Waals surface area contributed by atoms with Crippen molar-refractivity contribution in [2.75, 3.05) is 39.3 Å². The molecule has 0 saturated carbocycles. The van der Waals surface area contributed by atoms with Gasteiger partial charge >= 0.3 is 12.0 Å². The molecule has 0 bridgehead atoms. The van der Waals surface area contributed by atoms with E-state index in [0.717, 1.165) is 0 Å². The van der Waals surface area contributed by atoms with Gasteiger partial charge in [-0.15, -0.1) is 0 Å². The number of halogens is 2. The van der Waals surface area contributed by atoms with Gasteiger partial charge in [-0.05, 0) is 44.5 Å². The minimum absolute atomic E-state index is 0.106. The van der Waals surface area contributed by atoms with Crippen molar-refractivity contribution in [1.82, 2.24) is 20.0 Å². The molecule has 2 aromatic rings. The average Bonchev–Trinajstić information content (AvgIpc) is 2.89. The number of carbonyl (C=O) groups excluding carboxylic acids is 3. The molecule has 0 spiro atoms. The number of benzene rings is 2. The number of ether oxygens (including phenoxy) is 1. The molecule has 2 aliphatic heterocycles. The molecule has 0 radical (unpaired) electrons. The highest BCUT2D eigenvalue weighted by atomic mass is 35.5. The zero-order valence-electron chi connectivity index (χ0n) is 21.7. The van der Waals surface area contributed by atoms with Gasteiger partial charge in [0.15, 0.2) is 0 Å². The van der Waals surface area contributed by atoms with Crippen molar-refractivity contribution < 1.29 is 19.1 Å². The Hall–Kier alpha value is -3.07. The van der Waals surface area contributed by atoms with Gasteiger partial charge in [0, 0.05) is 49.5 Å². The second kappa shape index (κ2) is 12.2. The fraction of sp³-hybridized carbons (Fsp3) is 0.393. The third-order valence-corrected chi connectivity index (χ3v) is 7.59. The van der Waals surface area contributed by atoms with Crippen molar-refractivity contribution >= 4 is 41.1 Å². The molecule has 4 rings (SSSR count). The molecule has 2 atom stereocenters. The number of likely N-dealkylation sites (N-methyl/N-ethyl adjacent to an activating group) is 1. The van der Waals surface area contributed by atoms with Crippen LogP contribution in [0.3, 0.4) is 0 Å². The van der Waals surface area contributed by atoms with E-state index in [1.54, 1.807) is 54.3 Å². The Morgan fingerprint density at radius 2 is 1.71 bits per heavy atom. The van der Waals surface area contributed by atoms with Gasteiger partial charge in [0.05, 0.1) is 28.8 Å². The summed E-state index contributed by atoms with van der Waals surface area (Å²) in [4.78, 5) is 45.3. The molecular weight excluding hydrogens is 527 g/mol. The first-order valence-electron chi connectivity index (χ1n) is 12.8. The van der Waals surface area contributed by atoms with Crippen LogP contribution in [0.1, 0.15) is 42.7 Å². The maximum Gasteiger partial charge on any atom is 0.338 e. The molecule has 8 nitrogen and oxygen atoms in total. The highest BCUT2D eigenvalue weighted by molar-refractivity contribution is 6.33. The van der Waals surface area contributed by atoms with E-state index < -0.39 is 12.0 Å². The molecule has 10 heteroatoms. The number of amides is 3. The number of hydrogen-bond donors (Lipinski definition) is 1. The first-order chi connectivity index (χ1) is 18.3. The monoisotopic (exact) mass is 558 g/mol. The maximum absolute atomic E-state index is 13.3. The van der Waals surface area contributed by atoms with Crippen molar-refractivity contribution in [1.29, 1.82) is 0 Å². The lowest BCUT2D eigenvalue weighted by molar-refractivity contribution is -0.139. The SMILES string of the molecule is CCOC(=O)C1=C(CN2CCN(C(=O)c3ccccc3Cl)[C@H](C)C2)N(CC)C(=O)N[C@@H]1c1ccccc1Cl. The van der Waals surface area contributed by atoms with Crippen LogP contribution in [0, 0.1) is 0 Å². The van der Waals surface area contributed by atoms with E-state index in [4.69, 9.17) is 27.9 Å². The van der Waals surface area contributed by atoms with E-state index >= 15 is 0 Å². The summed E-state index contributed by atoms with van der Waals surface area (Å²) in [6.07, 6.45) is 0. The molecule has 202 valence electrons. The Bertz CT molecular complexity index is 1250. The lowest BCUT2D eigenvalue weighted by Gasteiger charge is -2.43. The number of urea groups is 1. The normalized spacial score (nSPS) is 20.4. The lowest BCUT2D eigenvalue weighted by atomic mass is 9.94. The fourth-order valence-corrected chi connectivity index (χ4v) is 5.54. The Kier molecular flexibility index (Phi) is 8.97. The number of nitrogens with zero attached hydrogens (tertiary/aromatic N) is 3. The molecule has 3 amide bonds. The van der Waals surface area contributed by atoms with Crippen molar-refractivity contribution in [3.05, 3.63) is 81.0 Å². The van der Waals surface area contributed by atoms with E-state index in [1.807, 2.05) is 24.8 Å². The van der Waals surface area contributed by atoms with Crippen LogP contribution in [0.15, 0.2) is 59.8 Å². The van der Waals surface area contributed by atoms with Gasteiger partial charge in [0.25, 0.3) is 5.91 Å². The predicted octanol–water partition coefficient (Wildman–Crippen LogP) is 4.74. The molecule has 2 aromatic carbocycles. The van der Waals surface area contributed by atoms with Gasteiger partial charge in [-0.2, -0.15) is 0 Å². The number of nitrogens with one attached hydrogen (secondary N) is 1. The van der Waals surface area contributed by atoms with Crippen LogP contribution in [0.4, 0.5) is 4.79 Å². The Labute approximate surface area is 233 Å². The molecule has 38 heavy (non-hydrogen) atoms. The third kappa shape index (κ3) is 5.67. The van der Waals surface area contributed by atoms with Crippen LogP contribution in [0.5, 0.6) is 0 Å². The smallest absolute Gasteiger partial charge is 0.338 e. The van der Waals surface area contributed by atoms with Gasteiger partial charge in [-0.1, -0.05) is 53.5 Å². The summed E-state index contributed by atoms with van der Waals surface area (Å²) < 4.78 is 5.45. The van der Waals surface area contributed by atoms with E-state index in [-0.39, 0.29) is 24.6 Å². The summed E-state index contributed by atoms with van der Waals surface area (Å²) >= 11 is 12.8. The molecule has 1 N–H and O–H groups in total. The van der Waals surface area contributed by atoms with E-state index in [1.165, 1.54) is 0 Å². The maximum atomic E-state index is 13.3. The van der Waals surface area contributed by atoms with Gasteiger partial charge in [0.2, 0.25) is 0 Å². The lowest BCUT2D eigenvalue weighted by Crippen LogP contribution is -2.56. The minimum atomic E-state index is -0.742. The zero-order valence-corrected chi connectivity index (χ0v) is 23.3. The first-order valence-corrected chi connectivity index (χ1v) is 13.5. The van der Waals surface area contributed by atoms with E-state index in [2.05, 4.69) is 10.2 Å². The highest BCUT2D eigenvalue weighted by Gasteiger charge is 2.40. The summed E-state index contributed by atoms with van der Waals surface area (Å²) in [6.45, 7) is 8.12. The van der Waals surface area contributed by atoms with Crippen LogP contribution < -0.4 is 5.32 Å². The average molecular weight is 559 g/mol. The Morgan fingerprint density at radius 1 is 1.03 bits per heavy atom. The fourth-order valence-electron chi connectivity index (χ4n) is 5.08. The van der Waals surface area contributed by atoms with Gasteiger partial charge in [-0.25, -0.2) is 9.59 Å². The molecule has 0 aromatic heterocycles. The van der Waals surface area contributed by atoms with E-state index in [9.17, 15) is 14.4 Å². The summed E-state index contributed by atoms with van der Waals surface area (Å²) in [7, 11) is 0. The quantitative estimate of drug-likeness (QED) is 0.496. The molecule has 1 fully saturated rings. The number of hydrogen-bond acceptors (Lipinski definition) is 5. The molecular formula is C28H32Cl2N4O4. The zero-order chi connectivity index (χ0) is 27.4. The van der Waals surface area contributed by atoms with Crippen LogP contribution in [-0.4, -0.2) is 78.0 Å². The van der Waals surface area contributed by atoms with Crippen LogP contribution in [0.2, 0.25) is 10.0 Å². The second-order valence-corrected chi connectivity index (χ2v) is 10.1. The number of carbonyl (C=O) groups is 3. The summed E-state index contributed by atoms with van der Waals surface area (Å²) in [6, 6.07) is 13.0. The Balaban J connectivity index is 1.64. The second-order valence-electron chi connectivity index (χ2n) is 9.29. The number of esters is 1. The molecule has 2 aliphatic rings. The topological polar surface area (TPSA) is 82.2 Å². The molecule has 1 saturated heterocycles. The van der Waals surface area contributed by atoms with Crippen molar-refractivity contribution in [3.63, 3.8) is 0 Å². The van der Waals surface area contributed by atoms with Crippen LogP contribution in [0.25, 0.3) is 0 Å². The number of rotatable bonds is 7. The van der Waals surface area contributed by atoms with Crippen LogP contribution in [-0.2, 0) is 9.53 Å². The van der Waals surface area contributed by atoms with Gasteiger partial charge in [-0.3, -0.25) is 14.6 Å².